The fourth-order valence-electron chi connectivity index (χ4n) is 1.25. The maximum Gasteiger partial charge on any atom is 0.0587 e. The van der Waals surface area contributed by atoms with Gasteiger partial charge >= 0.3 is 0 Å². The van der Waals surface area contributed by atoms with Crippen LogP contribution >= 0.6 is 0 Å². The van der Waals surface area contributed by atoms with E-state index >= 15 is 0 Å². The third kappa shape index (κ3) is 11.9. The highest BCUT2D eigenvalue weighted by molar-refractivity contribution is 4.48. The molecule has 0 aromatic carbocycles. The molecule has 0 bridgehead atoms. The van der Waals surface area contributed by atoms with E-state index in [1.165, 1.54) is 25.7 Å². The molecule has 0 aliphatic rings. The second kappa shape index (κ2) is 12.9. The molecule has 0 radical (unpaired) electrons. The first-order chi connectivity index (χ1) is 6.91. The quantitative estimate of drug-likeness (QED) is 0.520. The van der Waals surface area contributed by atoms with E-state index in [0.29, 0.717) is 0 Å². The van der Waals surface area contributed by atoms with Gasteiger partial charge in [-0.05, 0) is 26.3 Å². The SMILES string of the molecule is CCOCCCCCCNCCOC. The average Bonchev–Trinajstić information content (AvgIpc) is 2.21. The van der Waals surface area contributed by atoms with Gasteiger partial charge in [0.05, 0.1) is 6.61 Å². The van der Waals surface area contributed by atoms with Gasteiger partial charge in [-0.15, -0.1) is 0 Å². The summed E-state index contributed by atoms with van der Waals surface area (Å²) in [6, 6.07) is 0. The first kappa shape index (κ1) is 13.9. The zero-order valence-electron chi connectivity index (χ0n) is 9.68. The van der Waals surface area contributed by atoms with E-state index in [0.717, 1.165) is 32.9 Å². The topological polar surface area (TPSA) is 30.5 Å². The van der Waals surface area contributed by atoms with Gasteiger partial charge in [-0.1, -0.05) is 12.8 Å². The minimum Gasteiger partial charge on any atom is -0.383 e. The molecule has 1 N–H and O–H groups in total. The number of unbranched alkanes of at least 4 members (excludes halogenated alkanes) is 3. The summed E-state index contributed by atoms with van der Waals surface area (Å²) in [6.45, 7) is 6.70. The van der Waals surface area contributed by atoms with E-state index in [4.69, 9.17) is 9.47 Å². The molecule has 0 amide bonds. The van der Waals surface area contributed by atoms with Gasteiger partial charge in [0.1, 0.15) is 0 Å². The third-order valence-corrected chi connectivity index (χ3v) is 2.08. The molecule has 0 aliphatic heterocycles. The summed E-state index contributed by atoms with van der Waals surface area (Å²) < 4.78 is 10.2. The van der Waals surface area contributed by atoms with Gasteiger partial charge in [0.15, 0.2) is 0 Å². The van der Waals surface area contributed by atoms with Crippen LogP contribution in [0.15, 0.2) is 0 Å². The van der Waals surface area contributed by atoms with Crippen molar-refractivity contribution < 1.29 is 9.47 Å². The molecule has 0 saturated carbocycles. The van der Waals surface area contributed by atoms with Crippen LogP contribution in [-0.4, -0.2) is 40.0 Å². The Morgan fingerprint density at radius 1 is 0.929 bits per heavy atom. The highest BCUT2D eigenvalue weighted by Crippen LogP contribution is 1.98. The van der Waals surface area contributed by atoms with E-state index in [1.54, 1.807) is 7.11 Å². The van der Waals surface area contributed by atoms with Crippen molar-refractivity contribution in [3.05, 3.63) is 0 Å². The smallest absolute Gasteiger partial charge is 0.0587 e. The van der Waals surface area contributed by atoms with Gasteiger partial charge in [-0.2, -0.15) is 0 Å². The molecule has 0 heterocycles. The second-order valence-corrected chi connectivity index (χ2v) is 3.35. The van der Waals surface area contributed by atoms with Crippen LogP contribution in [0.3, 0.4) is 0 Å². The highest BCUT2D eigenvalue weighted by atomic mass is 16.5. The Morgan fingerprint density at radius 3 is 2.43 bits per heavy atom. The zero-order valence-corrected chi connectivity index (χ0v) is 9.68. The molecule has 86 valence electrons. The molecule has 0 fully saturated rings. The Labute approximate surface area is 88.2 Å². The number of ether oxygens (including phenoxy) is 2. The van der Waals surface area contributed by atoms with Crippen LogP contribution in [0.1, 0.15) is 32.6 Å². The van der Waals surface area contributed by atoms with Crippen molar-refractivity contribution in [2.45, 2.75) is 32.6 Å². The van der Waals surface area contributed by atoms with Crippen LogP contribution in [0.5, 0.6) is 0 Å². The lowest BCUT2D eigenvalue weighted by Gasteiger charge is -2.04. The summed E-state index contributed by atoms with van der Waals surface area (Å²) >= 11 is 0. The largest absolute Gasteiger partial charge is 0.383 e. The molecule has 0 rings (SSSR count). The van der Waals surface area contributed by atoms with Gasteiger partial charge in [0.2, 0.25) is 0 Å². The number of nitrogens with one attached hydrogen (secondary N) is 1. The number of rotatable bonds is 11. The third-order valence-electron chi connectivity index (χ3n) is 2.08. The molecule has 0 saturated heterocycles. The Kier molecular flexibility index (Phi) is 12.8. The van der Waals surface area contributed by atoms with Crippen LogP contribution in [-0.2, 0) is 9.47 Å². The first-order valence-corrected chi connectivity index (χ1v) is 5.69. The number of hydrogen-bond donors (Lipinski definition) is 1. The first-order valence-electron chi connectivity index (χ1n) is 5.69. The molecule has 3 heteroatoms. The molecule has 0 aliphatic carbocycles. The van der Waals surface area contributed by atoms with Crippen LogP contribution in [0.25, 0.3) is 0 Å². The van der Waals surface area contributed by atoms with Crippen LogP contribution in [0.2, 0.25) is 0 Å². The van der Waals surface area contributed by atoms with Crippen molar-refractivity contribution in [3.63, 3.8) is 0 Å². The van der Waals surface area contributed by atoms with E-state index in [2.05, 4.69) is 5.32 Å². The van der Waals surface area contributed by atoms with Gasteiger partial charge in [0, 0.05) is 26.9 Å². The number of methoxy groups -OCH3 is 1. The van der Waals surface area contributed by atoms with E-state index in [-0.39, 0.29) is 0 Å². The van der Waals surface area contributed by atoms with Crippen molar-refractivity contribution in [1.82, 2.24) is 5.32 Å². The summed E-state index contributed by atoms with van der Waals surface area (Å²) in [5.41, 5.74) is 0. The van der Waals surface area contributed by atoms with Gasteiger partial charge in [-0.3, -0.25) is 0 Å². The zero-order chi connectivity index (χ0) is 10.5. The standard InChI is InChI=1S/C11H25NO2/c1-3-14-10-7-5-4-6-8-12-9-11-13-2/h12H,3-11H2,1-2H3. The van der Waals surface area contributed by atoms with Crippen molar-refractivity contribution in [3.8, 4) is 0 Å². The predicted molar refractivity (Wildman–Crippen MR) is 59.7 cm³/mol. The van der Waals surface area contributed by atoms with Gasteiger partial charge in [0.25, 0.3) is 0 Å². The van der Waals surface area contributed by atoms with E-state index in [9.17, 15) is 0 Å². The van der Waals surface area contributed by atoms with E-state index < -0.39 is 0 Å². The van der Waals surface area contributed by atoms with Crippen molar-refractivity contribution in [2.24, 2.45) is 0 Å². The monoisotopic (exact) mass is 203 g/mol. The molecule has 0 aromatic heterocycles. The van der Waals surface area contributed by atoms with Gasteiger partial charge < -0.3 is 14.8 Å². The number of hydrogen-bond acceptors (Lipinski definition) is 3. The lowest BCUT2D eigenvalue weighted by atomic mass is 10.2. The summed E-state index contributed by atoms with van der Waals surface area (Å²) in [7, 11) is 1.73. The minimum absolute atomic E-state index is 0.810. The fourth-order valence-corrected chi connectivity index (χ4v) is 1.25. The molecular formula is C11H25NO2. The maximum absolute atomic E-state index is 5.26. The molecule has 0 spiro atoms. The molecule has 3 nitrogen and oxygen atoms in total. The summed E-state index contributed by atoms with van der Waals surface area (Å²) in [6.07, 6.45) is 5.04. The van der Waals surface area contributed by atoms with E-state index in [1.807, 2.05) is 6.92 Å². The fraction of sp³-hybridized carbons (Fsp3) is 1.00. The highest BCUT2D eigenvalue weighted by Gasteiger charge is 1.90. The molecule has 0 aromatic rings. The van der Waals surface area contributed by atoms with Crippen molar-refractivity contribution in [1.29, 1.82) is 0 Å². The van der Waals surface area contributed by atoms with Crippen molar-refractivity contribution in [2.75, 3.05) is 40.0 Å². The Bertz CT molecular complexity index is 87.3. The summed E-state index contributed by atoms with van der Waals surface area (Å²) in [5, 5.41) is 3.33. The summed E-state index contributed by atoms with van der Waals surface area (Å²) in [5.74, 6) is 0. The predicted octanol–water partition coefficient (Wildman–Crippen LogP) is 1.82. The summed E-state index contributed by atoms with van der Waals surface area (Å²) in [4.78, 5) is 0. The molecule has 14 heavy (non-hydrogen) atoms. The lowest BCUT2D eigenvalue weighted by molar-refractivity contribution is 0.143. The van der Waals surface area contributed by atoms with Gasteiger partial charge in [-0.25, -0.2) is 0 Å². The Morgan fingerprint density at radius 2 is 1.71 bits per heavy atom. The van der Waals surface area contributed by atoms with Crippen LogP contribution in [0.4, 0.5) is 0 Å². The Balaban J connectivity index is 2.78. The normalized spacial score (nSPS) is 10.7. The van der Waals surface area contributed by atoms with Crippen LogP contribution in [0, 0.1) is 0 Å². The molecular weight excluding hydrogens is 178 g/mol. The Hall–Kier alpha value is -0.120. The average molecular weight is 203 g/mol. The molecule has 0 atom stereocenters. The second-order valence-electron chi connectivity index (χ2n) is 3.35. The minimum atomic E-state index is 0.810. The van der Waals surface area contributed by atoms with Crippen molar-refractivity contribution >= 4 is 0 Å². The lowest BCUT2D eigenvalue weighted by Crippen LogP contribution is -2.20. The maximum atomic E-state index is 5.26. The van der Waals surface area contributed by atoms with Crippen LogP contribution < -0.4 is 5.32 Å². The molecule has 0 unspecified atom stereocenters.